The normalized spacial score (nSPS) is 12.9. The van der Waals surface area contributed by atoms with Gasteiger partial charge in [-0.15, -0.1) is 0 Å². The van der Waals surface area contributed by atoms with E-state index in [9.17, 15) is 14.4 Å². The van der Waals surface area contributed by atoms with Gasteiger partial charge in [0.2, 0.25) is 11.8 Å². The van der Waals surface area contributed by atoms with Crippen LogP contribution in [0.2, 0.25) is 0 Å². The molecule has 0 aliphatic rings. The Hall–Kier alpha value is -3.35. The van der Waals surface area contributed by atoms with E-state index >= 15 is 0 Å². The summed E-state index contributed by atoms with van der Waals surface area (Å²) in [7, 11) is 1.61. The first-order valence-electron chi connectivity index (χ1n) is 12.6. The number of ether oxygens (including phenoxy) is 1. The first-order valence-corrected chi connectivity index (χ1v) is 12.6. The third-order valence-electron chi connectivity index (χ3n) is 5.64. The summed E-state index contributed by atoms with van der Waals surface area (Å²) in [5, 5.41) is 5.71. The molecule has 0 aliphatic carbocycles. The molecule has 7 nitrogen and oxygen atoms in total. The molecule has 0 saturated heterocycles. The predicted octanol–water partition coefficient (Wildman–Crippen LogP) is 4.86. The molecule has 0 radical (unpaired) electrons. The first-order chi connectivity index (χ1) is 16.9. The number of hydrogen-bond donors (Lipinski definition) is 2. The number of carbonyl (C=O) groups excluding carboxylic acids is 3. The first kappa shape index (κ1) is 28.9. The summed E-state index contributed by atoms with van der Waals surface area (Å²) in [5.41, 5.74) is 2.91. The smallest absolute Gasteiger partial charge is 0.408 e. The lowest BCUT2D eigenvalue weighted by atomic mass is 9.98. The van der Waals surface area contributed by atoms with Crippen LogP contribution >= 0.6 is 0 Å². The zero-order chi connectivity index (χ0) is 26.9. The number of hydrogen-bond acceptors (Lipinski definition) is 4. The molecule has 36 heavy (non-hydrogen) atoms. The number of benzene rings is 2. The molecule has 7 heteroatoms. The van der Waals surface area contributed by atoms with Gasteiger partial charge in [0.05, 0.1) is 0 Å². The topological polar surface area (TPSA) is 87.7 Å². The summed E-state index contributed by atoms with van der Waals surface area (Å²) < 4.78 is 5.43. The molecule has 2 aromatic rings. The van der Waals surface area contributed by atoms with E-state index in [0.717, 1.165) is 35.1 Å². The van der Waals surface area contributed by atoms with E-state index in [1.807, 2.05) is 62.4 Å². The molecular weight excluding hydrogens is 454 g/mol. The van der Waals surface area contributed by atoms with E-state index in [0.29, 0.717) is 6.54 Å². The van der Waals surface area contributed by atoms with Gasteiger partial charge in [0.1, 0.15) is 17.7 Å². The highest BCUT2D eigenvalue weighted by molar-refractivity contribution is 5.92. The van der Waals surface area contributed by atoms with Crippen LogP contribution in [0.5, 0.6) is 0 Å². The zero-order valence-electron chi connectivity index (χ0n) is 22.7. The lowest BCUT2D eigenvalue weighted by Crippen LogP contribution is -2.52. The Bertz CT molecular complexity index is 1010. The average Bonchev–Trinajstić information content (AvgIpc) is 2.77. The molecule has 2 unspecified atom stereocenters. The van der Waals surface area contributed by atoms with Crippen molar-refractivity contribution >= 4 is 17.9 Å². The van der Waals surface area contributed by atoms with Crippen LogP contribution in [-0.4, -0.2) is 48.0 Å². The molecule has 2 atom stereocenters. The van der Waals surface area contributed by atoms with Crippen LogP contribution in [-0.2, 0) is 20.7 Å². The van der Waals surface area contributed by atoms with Crippen molar-refractivity contribution < 1.29 is 19.1 Å². The number of nitrogens with one attached hydrogen (secondary N) is 2. The van der Waals surface area contributed by atoms with Crippen molar-refractivity contribution in [2.45, 2.75) is 78.5 Å². The molecule has 0 heterocycles. The summed E-state index contributed by atoms with van der Waals surface area (Å²) in [5.74, 6) is -0.625. The van der Waals surface area contributed by atoms with Crippen molar-refractivity contribution in [1.29, 1.82) is 0 Å². The minimum atomic E-state index is -0.913. The molecule has 0 saturated carbocycles. The van der Waals surface area contributed by atoms with Crippen molar-refractivity contribution in [3.05, 3.63) is 70.8 Å². The molecule has 0 aromatic heterocycles. The van der Waals surface area contributed by atoms with Gasteiger partial charge in [-0.1, -0.05) is 73.0 Å². The Morgan fingerprint density at radius 2 is 1.61 bits per heavy atom. The van der Waals surface area contributed by atoms with E-state index < -0.39 is 23.8 Å². The van der Waals surface area contributed by atoms with E-state index in [1.54, 1.807) is 27.8 Å². The molecule has 0 fully saturated rings. The summed E-state index contributed by atoms with van der Waals surface area (Å²) in [6.07, 6.45) is 1.38. The van der Waals surface area contributed by atoms with Crippen LogP contribution in [0.1, 0.15) is 68.8 Å². The summed E-state index contributed by atoms with van der Waals surface area (Å²) in [4.78, 5) is 41.3. The van der Waals surface area contributed by atoms with Crippen molar-refractivity contribution in [3.63, 3.8) is 0 Å². The number of alkyl carbamates (subject to hydrolysis) is 1. The van der Waals surface area contributed by atoms with E-state index in [4.69, 9.17) is 4.74 Å². The fraction of sp³-hybridized carbons (Fsp3) is 0.483. The summed E-state index contributed by atoms with van der Waals surface area (Å²) in [6.45, 7) is 11.8. The number of nitrogens with zero attached hydrogens (tertiary/aromatic N) is 1. The Balaban J connectivity index is 2.40. The molecule has 0 spiro atoms. The van der Waals surface area contributed by atoms with Gasteiger partial charge in [-0.2, -0.15) is 0 Å². The second-order valence-electron chi connectivity index (χ2n) is 10.3. The van der Waals surface area contributed by atoms with E-state index in [1.165, 1.54) is 4.90 Å². The minimum Gasteiger partial charge on any atom is -0.444 e. The zero-order valence-corrected chi connectivity index (χ0v) is 22.7. The number of aryl methyl sites for hydroxylation is 2. The van der Waals surface area contributed by atoms with Gasteiger partial charge in [0.25, 0.3) is 0 Å². The molecule has 2 rings (SSSR count). The Kier molecular flexibility index (Phi) is 10.5. The SMILES string of the molecule is CCCCNC(=O)C(c1cc(C)cc(C)c1)N(C)C(=O)C(Cc1ccccc1)NC(=O)OC(C)(C)C. The Morgan fingerprint density at radius 3 is 2.17 bits per heavy atom. The van der Waals surface area contributed by atoms with E-state index in [-0.39, 0.29) is 18.2 Å². The number of amides is 3. The van der Waals surface area contributed by atoms with Crippen LogP contribution in [0.4, 0.5) is 4.79 Å². The third-order valence-corrected chi connectivity index (χ3v) is 5.64. The molecule has 3 amide bonds. The molecule has 0 aliphatic heterocycles. The predicted molar refractivity (Wildman–Crippen MR) is 143 cm³/mol. The van der Waals surface area contributed by atoms with Gasteiger partial charge in [0, 0.05) is 20.0 Å². The van der Waals surface area contributed by atoms with Crippen LogP contribution in [0.25, 0.3) is 0 Å². The molecule has 0 bridgehead atoms. The molecule has 196 valence electrons. The fourth-order valence-electron chi connectivity index (χ4n) is 4.08. The van der Waals surface area contributed by atoms with Crippen molar-refractivity contribution in [2.75, 3.05) is 13.6 Å². The second kappa shape index (κ2) is 13.1. The fourth-order valence-corrected chi connectivity index (χ4v) is 4.08. The van der Waals surface area contributed by atoms with E-state index in [2.05, 4.69) is 17.6 Å². The van der Waals surface area contributed by atoms with Crippen LogP contribution in [0, 0.1) is 13.8 Å². The maximum atomic E-state index is 13.8. The van der Waals surface area contributed by atoms with Gasteiger partial charge in [-0.05, 0) is 52.2 Å². The Labute approximate surface area is 215 Å². The lowest BCUT2D eigenvalue weighted by molar-refractivity contribution is -0.140. The van der Waals surface area contributed by atoms with Crippen LogP contribution in [0.15, 0.2) is 48.5 Å². The second-order valence-corrected chi connectivity index (χ2v) is 10.3. The van der Waals surface area contributed by atoms with Gasteiger partial charge >= 0.3 is 6.09 Å². The maximum Gasteiger partial charge on any atom is 0.408 e. The monoisotopic (exact) mass is 495 g/mol. The van der Waals surface area contributed by atoms with Crippen molar-refractivity contribution in [3.8, 4) is 0 Å². The van der Waals surface area contributed by atoms with Crippen molar-refractivity contribution in [2.24, 2.45) is 0 Å². The highest BCUT2D eigenvalue weighted by Crippen LogP contribution is 2.24. The van der Waals surface area contributed by atoms with Gasteiger partial charge in [-0.3, -0.25) is 9.59 Å². The quantitative estimate of drug-likeness (QED) is 0.461. The summed E-state index contributed by atoms with van der Waals surface area (Å²) >= 11 is 0. The molecular formula is C29H41N3O4. The highest BCUT2D eigenvalue weighted by Gasteiger charge is 2.34. The minimum absolute atomic E-state index is 0.250. The van der Waals surface area contributed by atoms with Crippen LogP contribution in [0.3, 0.4) is 0 Å². The van der Waals surface area contributed by atoms with Gasteiger partial charge < -0.3 is 20.3 Å². The molecule has 2 N–H and O–H groups in total. The number of likely N-dealkylation sites (N-methyl/N-ethyl adjacent to an activating group) is 1. The number of rotatable bonds is 10. The standard InChI is InChI=1S/C29H41N3O4/c1-8-9-15-30-26(33)25(23-17-20(2)16-21(3)18-23)32(7)27(34)24(19-22-13-11-10-12-14-22)31-28(35)36-29(4,5)6/h10-14,16-18,24-25H,8-9,15,19H2,1-7H3,(H,30,33)(H,31,35). The summed E-state index contributed by atoms with van der Waals surface area (Å²) in [6, 6.07) is 13.6. The Morgan fingerprint density at radius 1 is 1.00 bits per heavy atom. The van der Waals surface area contributed by atoms with Crippen molar-refractivity contribution in [1.82, 2.24) is 15.5 Å². The number of carbonyl (C=O) groups is 3. The number of unbranched alkanes of at least 4 members (excludes halogenated alkanes) is 1. The van der Waals surface area contributed by atoms with Crippen LogP contribution < -0.4 is 10.6 Å². The van der Waals surface area contributed by atoms with Gasteiger partial charge in [-0.25, -0.2) is 4.79 Å². The third kappa shape index (κ3) is 9.02. The molecule has 2 aromatic carbocycles. The van der Waals surface area contributed by atoms with Gasteiger partial charge in [0.15, 0.2) is 0 Å². The lowest BCUT2D eigenvalue weighted by Gasteiger charge is -2.32. The largest absolute Gasteiger partial charge is 0.444 e. The maximum absolute atomic E-state index is 13.8. The average molecular weight is 496 g/mol. The highest BCUT2D eigenvalue weighted by atomic mass is 16.6.